The molecular weight excluding hydrogens is 268 g/mol. The Morgan fingerprint density at radius 1 is 0.864 bits per heavy atom. The van der Waals surface area contributed by atoms with Crippen LogP contribution in [0.3, 0.4) is 0 Å². The van der Waals surface area contributed by atoms with Gasteiger partial charge in [-0.1, -0.05) is 35.6 Å². The van der Waals surface area contributed by atoms with Crippen molar-refractivity contribution in [2.75, 3.05) is 0 Å². The Hall–Kier alpha value is -2.66. The van der Waals surface area contributed by atoms with Crippen LogP contribution in [0.2, 0.25) is 0 Å². The summed E-state index contributed by atoms with van der Waals surface area (Å²) in [4.78, 5) is 0. The molecule has 22 heavy (non-hydrogen) atoms. The van der Waals surface area contributed by atoms with Gasteiger partial charge in [-0.2, -0.15) is 0 Å². The van der Waals surface area contributed by atoms with Crippen LogP contribution >= 0.6 is 0 Å². The van der Waals surface area contributed by atoms with E-state index in [1.807, 2.05) is 0 Å². The lowest BCUT2D eigenvalue weighted by Crippen LogP contribution is -2.17. The molecule has 0 bridgehead atoms. The second-order valence-electron chi connectivity index (χ2n) is 5.73. The highest BCUT2D eigenvalue weighted by Gasteiger charge is 2.02. The summed E-state index contributed by atoms with van der Waals surface area (Å²) in [6.07, 6.45) is 4.14. The number of nitrogens with zero attached hydrogens (tertiary/aromatic N) is 2. The molecule has 0 atom stereocenters. The first-order valence-electron chi connectivity index (χ1n) is 7.48. The van der Waals surface area contributed by atoms with Gasteiger partial charge in [-0.3, -0.25) is 9.36 Å². The van der Waals surface area contributed by atoms with Crippen molar-refractivity contribution in [1.29, 1.82) is 0 Å². The molecule has 0 N–H and O–H groups in total. The van der Waals surface area contributed by atoms with Crippen molar-refractivity contribution in [3.8, 4) is 11.8 Å². The first-order valence-corrected chi connectivity index (χ1v) is 7.48. The zero-order valence-electron chi connectivity index (χ0n) is 13.3. The molecule has 0 saturated carbocycles. The van der Waals surface area contributed by atoms with Gasteiger partial charge in [0.2, 0.25) is 0 Å². The number of rotatable bonds is 2. The fraction of sp³-hybridized carbons (Fsp3) is 0.200. The monoisotopic (exact) mass is 288 g/mol. The summed E-state index contributed by atoms with van der Waals surface area (Å²) in [5.74, 6) is 6.48. The van der Waals surface area contributed by atoms with E-state index in [0.29, 0.717) is 0 Å². The maximum Gasteiger partial charge on any atom is 0.0642 e. The van der Waals surface area contributed by atoms with Gasteiger partial charge in [-0.15, -0.1) is 0 Å². The second kappa shape index (κ2) is 5.99. The number of hydrogen-bond donors (Lipinski definition) is 0. The Morgan fingerprint density at radius 3 is 2.14 bits per heavy atom. The van der Waals surface area contributed by atoms with Gasteiger partial charge in [0.25, 0.3) is 0 Å². The predicted molar refractivity (Wildman–Crippen MR) is 90.8 cm³/mol. The minimum atomic E-state index is 0.907. The zero-order valence-corrected chi connectivity index (χ0v) is 13.3. The Morgan fingerprint density at radius 2 is 1.55 bits per heavy atom. The second-order valence-corrected chi connectivity index (χ2v) is 5.73. The molecule has 2 heteroatoms. The summed E-state index contributed by atoms with van der Waals surface area (Å²) >= 11 is 0. The molecule has 0 unspecified atom stereocenters. The van der Waals surface area contributed by atoms with Gasteiger partial charge >= 0.3 is 0 Å². The Balaban J connectivity index is 1.78. The highest BCUT2D eigenvalue weighted by atomic mass is 15.4. The van der Waals surface area contributed by atoms with Crippen LogP contribution in [0.1, 0.15) is 27.8 Å². The molecule has 0 aliphatic rings. The summed E-state index contributed by atoms with van der Waals surface area (Å²) in [7, 11) is 2.05. The molecule has 1 aromatic heterocycles. The van der Waals surface area contributed by atoms with E-state index in [-0.39, 0.29) is 0 Å². The Bertz CT molecular complexity index is 836. The van der Waals surface area contributed by atoms with Crippen molar-refractivity contribution in [3.63, 3.8) is 0 Å². The van der Waals surface area contributed by atoms with Crippen LogP contribution in [0.5, 0.6) is 0 Å². The molecule has 2 nitrogen and oxygen atoms in total. The van der Waals surface area contributed by atoms with Crippen molar-refractivity contribution >= 4 is 0 Å². The SMILES string of the molecule is Cc1ccc(C#Cc2ccc(Cn3ccn3C)c(C)c2)cc1. The third-order valence-corrected chi connectivity index (χ3v) is 3.94. The maximum absolute atomic E-state index is 3.25. The van der Waals surface area contributed by atoms with E-state index in [0.717, 1.165) is 17.7 Å². The normalized spacial score (nSPS) is 10.3. The molecule has 0 fully saturated rings. The van der Waals surface area contributed by atoms with Crippen LogP contribution in [0.25, 0.3) is 0 Å². The number of aromatic nitrogens is 2. The number of hydrogen-bond acceptors (Lipinski definition) is 0. The molecule has 0 radical (unpaired) electrons. The molecule has 2 aromatic carbocycles. The summed E-state index contributed by atoms with van der Waals surface area (Å²) in [6.45, 7) is 5.14. The average Bonchev–Trinajstić information content (AvgIpc) is 2.52. The lowest BCUT2D eigenvalue weighted by atomic mass is 10.0. The van der Waals surface area contributed by atoms with Gasteiger partial charge in [0.15, 0.2) is 0 Å². The van der Waals surface area contributed by atoms with E-state index >= 15 is 0 Å². The Labute approximate surface area is 132 Å². The van der Waals surface area contributed by atoms with Crippen molar-refractivity contribution in [2.45, 2.75) is 20.4 Å². The van der Waals surface area contributed by atoms with Crippen LogP contribution in [0, 0.1) is 25.7 Å². The molecule has 0 spiro atoms. The standard InChI is InChI=1S/C20H20N2/c1-16-4-6-18(7-5-16)8-9-19-10-11-20(17(2)14-19)15-22-13-12-21(22)3/h4-7,10-14H,15H2,1-3H3. The van der Waals surface area contributed by atoms with Crippen LogP contribution in [0.15, 0.2) is 54.9 Å². The van der Waals surface area contributed by atoms with Crippen LogP contribution in [0.4, 0.5) is 0 Å². The molecule has 0 aliphatic carbocycles. The van der Waals surface area contributed by atoms with Crippen molar-refractivity contribution in [1.82, 2.24) is 9.36 Å². The molecule has 0 saturated heterocycles. The summed E-state index contributed by atoms with van der Waals surface area (Å²) < 4.78 is 4.27. The first-order chi connectivity index (χ1) is 10.6. The quantitative estimate of drug-likeness (QED) is 0.633. The van der Waals surface area contributed by atoms with E-state index in [1.165, 1.54) is 16.7 Å². The first kappa shape index (κ1) is 14.3. The molecule has 0 aliphatic heterocycles. The van der Waals surface area contributed by atoms with E-state index in [1.54, 1.807) is 0 Å². The maximum atomic E-state index is 3.25. The largest absolute Gasteiger partial charge is 0.294 e. The highest BCUT2D eigenvalue weighted by Crippen LogP contribution is 2.13. The lowest BCUT2D eigenvalue weighted by molar-refractivity contribution is 0.487. The van der Waals surface area contributed by atoms with Gasteiger partial charge in [0.05, 0.1) is 6.54 Å². The van der Waals surface area contributed by atoms with Gasteiger partial charge in [0.1, 0.15) is 0 Å². The molecule has 110 valence electrons. The topological polar surface area (TPSA) is 9.86 Å². The van der Waals surface area contributed by atoms with Crippen LogP contribution < -0.4 is 0 Å². The predicted octanol–water partition coefficient (Wildman–Crippen LogP) is 3.89. The minimum absolute atomic E-state index is 0.907. The van der Waals surface area contributed by atoms with Crippen molar-refractivity contribution in [2.24, 2.45) is 7.05 Å². The van der Waals surface area contributed by atoms with Gasteiger partial charge in [-0.05, 0) is 49.2 Å². The third kappa shape index (κ3) is 3.15. The highest BCUT2D eigenvalue weighted by molar-refractivity contribution is 5.45. The third-order valence-electron chi connectivity index (χ3n) is 3.94. The molecular formula is C20H20N2. The molecule has 1 heterocycles. The number of aryl methyl sites for hydroxylation is 3. The van der Waals surface area contributed by atoms with Crippen LogP contribution in [-0.2, 0) is 13.6 Å². The van der Waals surface area contributed by atoms with Gasteiger partial charge in [-0.25, -0.2) is 0 Å². The van der Waals surface area contributed by atoms with Gasteiger partial charge < -0.3 is 0 Å². The van der Waals surface area contributed by atoms with E-state index < -0.39 is 0 Å². The van der Waals surface area contributed by atoms with E-state index in [2.05, 4.69) is 97.0 Å². The fourth-order valence-electron chi connectivity index (χ4n) is 2.37. The molecule has 3 aromatic rings. The summed E-state index contributed by atoms with van der Waals surface area (Å²) in [5.41, 5.74) is 5.99. The summed E-state index contributed by atoms with van der Waals surface area (Å²) in [5, 5.41) is 0. The minimum Gasteiger partial charge on any atom is -0.294 e. The number of benzene rings is 2. The van der Waals surface area contributed by atoms with Crippen molar-refractivity contribution in [3.05, 3.63) is 82.7 Å². The Kier molecular flexibility index (Phi) is 3.89. The molecule has 3 rings (SSSR count). The average molecular weight is 288 g/mol. The summed E-state index contributed by atoms with van der Waals surface area (Å²) in [6, 6.07) is 14.8. The molecule has 0 amide bonds. The van der Waals surface area contributed by atoms with E-state index in [9.17, 15) is 0 Å². The van der Waals surface area contributed by atoms with Gasteiger partial charge in [0, 0.05) is 30.6 Å². The smallest absolute Gasteiger partial charge is 0.0642 e. The fourth-order valence-corrected chi connectivity index (χ4v) is 2.37. The zero-order chi connectivity index (χ0) is 15.5. The van der Waals surface area contributed by atoms with Crippen LogP contribution in [-0.4, -0.2) is 9.36 Å². The lowest BCUT2D eigenvalue weighted by Gasteiger charge is -2.18. The van der Waals surface area contributed by atoms with Crippen molar-refractivity contribution < 1.29 is 0 Å². The van der Waals surface area contributed by atoms with E-state index in [4.69, 9.17) is 0 Å².